The number of hydrogen-bond acceptors (Lipinski definition) is 6. The Morgan fingerprint density at radius 2 is 2.00 bits per heavy atom. The van der Waals surface area contributed by atoms with E-state index in [1.807, 2.05) is 0 Å². The molecule has 0 aliphatic rings. The molecule has 23 heavy (non-hydrogen) atoms. The molecule has 0 aliphatic heterocycles. The van der Waals surface area contributed by atoms with Gasteiger partial charge in [0.1, 0.15) is 5.25 Å². The van der Waals surface area contributed by atoms with E-state index in [-0.39, 0.29) is 5.69 Å². The monoisotopic (exact) mass is 338 g/mol. The molecule has 124 valence electrons. The Labute approximate surface area is 138 Å². The van der Waals surface area contributed by atoms with Crippen LogP contribution in [0.5, 0.6) is 0 Å². The standard InChI is InChI=1S/C15H18N2O5S/c1-4-9-16-14(18)10(2)22-15(19)11(3)23-13-7-5-12(6-8-13)17(20)21/h4-8,10-11H,1,9H2,2-3H3,(H,16,18)/t10-,11-/m0/s1. The van der Waals surface area contributed by atoms with Crippen molar-refractivity contribution in [3.63, 3.8) is 0 Å². The van der Waals surface area contributed by atoms with Gasteiger partial charge in [0.05, 0.1) is 4.92 Å². The molecule has 8 heteroatoms. The van der Waals surface area contributed by atoms with Gasteiger partial charge in [-0.15, -0.1) is 18.3 Å². The van der Waals surface area contributed by atoms with E-state index < -0.39 is 28.2 Å². The predicted molar refractivity (Wildman–Crippen MR) is 87.2 cm³/mol. The first-order valence-electron chi connectivity index (χ1n) is 6.85. The summed E-state index contributed by atoms with van der Waals surface area (Å²) in [5.41, 5.74) is -0.0166. The molecule has 1 rings (SSSR count). The van der Waals surface area contributed by atoms with Crippen LogP contribution in [0.3, 0.4) is 0 Å². The van der Waals surface area contributed by atoms with Gasteiger partial charge < -0.3 is 10.1 Å². The lowest BCUT2D eigenvalue weighted by molar-refractivity contribution is -0.384. The Kier molecular flexibility index (Phi) is 7.27. The molecule has 1 aromatic rings. The minimum atomic E-state index is -0.901. The summed E-state index contributed by atoms with van der Waals surface area (Å²) >= 11 is 1.20. The first-order chi connectivity index (χ1) is 10.8. The smallest absolute Gasteiger partial charge is 0.319 e. The predicted octanol–water partition coefficient (Wildman–Crippen LogP) is 2.31. The fraction of sp³-hybridized carbons (Fsp3) is 0.333. The SMILES string of the molecule is C=CCNC(=O)[C@H](C)OC(=O)[C@H](C)Sc1ccc([N+](=O)[O-])cc1. The number of amides is 1. The molecule has 0 heterocycles. The van der Waals surface area contributed by atoms with Crippen LogP contribution in [-0.4, -0.2) is 34.7 Å². The third-order valence-corrected chi connectivity index (χ3v) is 3.87. The van der Waals surface area contributed by atoms with Gasteiger partial charge in [0, 0.05) is 23.6 Å². The zero-order chi connectivity index (χ0) is 17.4. The van der Waals surface area contributed by atoms with Crippen LogP contribution < -0.4 is 5.32 Å². The van der Waals surface area contributed by atoms with E-state index in [1.54, 1.807) is 19.1 Å². The lowest BCUT2D eigenvalue weighted by Gasteiger charge is -2.16. The number of nitrogens with zero attached hydrogens (tertiary/aromatic N) is 1. The van der Waals surface area contributed by atoms with E-state index in [0.29, 0.717) is 11.4 Å². The van der Waals surface area contributed by atoms with Crippen LogP contribution in [0.25, 0.3) is 0 Å². The molecule has 0 saturated heterocycles. The summed E-state index contributed by atoms with van der Waals surface area (Å²) in [5, 5.41) is 12.6. The van der Waals surface area contributed by atoms with E-state index in [4.69, 9.17) is 4.74 Å². The lowest BCUT2D eigenvalue weighted by Crippen LogP contribution is -2.37. The molecule has 1 aromatic carbocycles. The average Bonchev–Trinajstić information content (AvgIpc) is 2.52. The number of non-ortho nitro benzene ring substituents is 1. The second-order valence-corrected chi connectivity index (χ2v) is 6.04. The average molecular weight is 338 g/mol. The largest absolute Gasteiger partial charge is 0.452 e. The minimum absolute atomic E-state index is 0.0166. The quantitative estimate of drug-likeness (QED) is 0.257. The molecule has 0 radical (unpaired) electrons. The number of rotatable bonds is 8. The van der Waals surface area contributed by atoms with Crippen molar-refractivity contribution in [3.8, 4) is 0 Å². The molecule has 0 aromatic heterocycles. The number of carbonyl (C=O) groups excluding carboxylic acids is 2. The highest BCUT2D eigenvalue weighted by atomic mass is 32.2. The van der Waals surface area contributed by atoms with Gasteiger partial charge >= 0.3 is 5.97 Å². The Bertz CT molecular complexity index is 588. The fourth-order valence-electron chi connectivity index (χ4n) is 1.54. The van der Waals surface area contributed by atoms with Crippen molar-refractivity contribution in [2.24, 2.45) is 0 Å². The highest BCUT2D eigenvalue weighted by Gasteiger charge is 2.22. The second kappa shape index (κ2) is 8.94. The van der Waals surface area contributed by atoms with Crippen molar-refractivity contribution in [2.45, 2.75) is 30.1 Å². The molecule has 0 spiro atoms. The van der Waals surface area contributed by atoms with Gasteiger partial charge in [-0.3, -0.25) is 19.7 Å². The molecule has 1 N–H and O–H groups in total. The topological polar surface area (TPSA) is 98.5 Å². The van der Waals surface area contributed by atoms with E-state index in [9.17, 15) is 19.7 Å². The van der Waals surface area contributed by atoms with Crippen molar-refractivity contribution < 1.29 is 19.2 Å². The Hall–Kier alpha value is -2.35. The number of esters is 1. The number of hydrogen-bond donors (Lipinski definition) is 1. The zero-order valence-electron chi connectivity index (χ0n) is 12.9. The summed E-state index contributed by atoms with van der Waals surface area (Å²) in [4.78, 5) is 34.4. The minimum Gasteiger partial charge on any atom is -0.452 e. The van der Waals surface area contributed by atoms with Crippen LogP contribution in [0.4, 0.5) is 5.69 Å². The van der Waals surface area contributed by atoms with Gasteiger partial charge in [-0.05, 0) is 26.0 Å². The number of thioether (sulfide) groups is 1. The highest BCUT2D eigenvalue weighted by Crippen LogP contribution is 2.26. The molecule has 0 fully saturated rings. The molecule has 0 aliphatic carbocycles. The number of nitro groups is 1. The van der Waals surface area contributed by atoms with E-state index in [2.05, 4.69) is 11.9 Å². The molecule has 1 amide bonds. The number of nitro benzene ring substituents is 1. The van der Waals surface area contributed by atoms with Crippen LogP contribution in [-0.2, 0) is 14.3 Å². The van der Waals surface area contributed by atoms with Crippen molar-refractivity contribution in [1.82, 2.24) is 5.32 Å². The Morgan fingerprint density at radius 1 is 1.39 bits per heavy atom. The van der Waals surface area contributed by atoms with Crippen LogP contribution in [0.2, 0.25) is 0 Å². The third kappa shape index (κ3) is 6.11. The molecule has 0 bridgehead atoms. The molecule has 7 nitrogen and oxygen atoms in total. The summed E-state index contributed by atoms with van der Waals surface area (Å²) in [5.74, 6) is -0.930. The maximum atomic E-state index is 12.0. The first kappa shape index (κ1) is 18.7. The number of benzene rings is 1. The first-order valence-corrected chi connectivity index (χ1v) is 7.73. The normalized spacial score (nSPS) is 12.8. The third-order valence-electron chi connectivity index (χ3n) is 2.78. The summed E-state index contributed by atoms with van der Waals surface area (Å²) in [6.07, 6.45) is 0.627. The maximum absolute atomic E-state index is 12.0. The summed E-state index contributed by atoms with van der Waals surface area (Å²) in [7, 11) is 0. The second-order valence-electron chi connectivity index (χ2n) is 4.62. The molecule has 0 unspecified atom stereocenters. The van der Waals surface area contributed by atoms with Crippen molar-refractivity contribution in [2.75, 3.05) is 6.54 Å². The number of nitrogens with one attached hydrogen (secondary N) is 1. The highest BCUT2D eigenvalue weighted by molar-refractivity contribution is 8.00. The Balaban J connectivity index is 2.54. The van der Waals surface area contributed by atoms with E-state index in [0.717, 1.165) is 0 Å². The van der Waals surface area contributed by atoms with E-state index >= 15 is 0 Å². The van der Waals surface area contributed by atoms with Crippen LogP contribution in [0.1, 0.15) is 13.8 Å². The van der Waals surface area contributed by atoms with Gasteiger partial charge in [0.25, 0.3) is 11.6 Å². The zero-order valence-corrected chi connectivity index (χ0v) is 13.7. The van der Waals surface area contributed by atoms with Crippen LogP contribution in [0.15, 0.2) is 41.8 Å². The van der Waals surface area contributed by atoms with Crippen molar-refractivity contribution in [1.29, 1.82) is 0 Å². The molecule has 0 saturated carbocycles. The lowest BCUT2D eigenvalue weighted by atomic mass is 10.3. The van der Waals surface area contributed by atoms with Crippen LogP contribution >= 0.6 is 11.8 Å². The van der Waals surface area contributed by atoms with Gasteiger partial charge in [0.15, 0.2) is 6.10 Å². The van der Waals surface area contributed by atoms with Crippen LogP contribution in [0, 0.1) is 10.1 Å². The summed E-state index contributed by atoms with van der Waals surface area (Å²) in [6, 6.07) is 5.86. The van der Waals surface area contributed by atoms with Gasteiger partial charge in [0.2, 0.25) is 0 Å². The number of carbonyl (C=O) groups is 2. The molecular weight excluding hydrogens is 320 g/mol. The van der Waals surface area contributed by atoms with Gasteiger partial charge in [-0.2, -0.15) is 0 Å². The summed E-state index contributed by atoms with van der Waals surface area (Å²) < 4.78 is 5.09. The molecular formula is C15H18N2O5S. The maximum Gasteiger partial charge on any atom is 0.319 e. The van der Waals surface area contributed by atoms with Crippen molar-refractivity contribution >= 4 is 29.3 Å². The summed E-state index contributed by atoms with van der Waals surface area (Å²) in [6.45, 7) is 6.90. The Morgan fingerprint density at radius 3 is 2.52 bits per heavy atom. The van der Waals surface area contributed by atoms with E-state index in [1.165, 1.54) is 36.9 Å². The van der Waals surface area contributed by atoms with Crippen molar-refractivity contribution in [3.05, 3.63) is 47.0 Å². The molecule has 2 atom stereocenters. The number of ether oxygens (including phenoxy) is 1. The van der Waals surface area contributed by atoms with Gasteiger partial charge in [-0.25, -0.2) is 0 Å². The van der Waals surface area contributed by atoms with Gasteiger partial charge in [-0.1, -0.05) is 6.08 Å². The fourth-order valence-corrected chi connectivity index (χ4v) is 2.39.